The third-order valence-corrected chi connectivity index (χ3v) is 5.22. The van der Waals surface area contributed by atoms with Gasteiger partial charge in [-0.1, -0.05) is 41.7 Å². The van der Waals surface area contributed by atoms with E-state index in [2.05, 4.69) is 20.4 Å². The first-order valence-electron chi connectivity index (χ1n) is 9.81. The third-order valence-electron chi connectivity index (χ3n) is 4.28. The number of aromatic nitrogens is 1. The molecule has 3 rings (SSSR count). The zero-order valence-corrected chi connectivity index (χ0v) is 18.0. The van der Waals surface area contributed by atoms with Gasteiger partial charge >= 0.3 is 6.36 Å². The smallest absolute Gasteiger partial charge is 0.406 e. The van der Waals surface area contributed by atoms with Gasteiger partial charge in [0.05, 0.1) is 29.4 Å². The Morgan fingerprint density at radius 3 is 2.64 bits per heavy atom. The van der Waals surface area contributed by atoms with Crippen LogP contribution in [0.2, 0.25) is 0 Å². The number of hydrogen-bond donors (Lipinski definition) is 3. The van der Waals surface area contributed by atoms with Crippen LogP contribution < -0.4 is 21.1 Å². The van der Waals surface area contributed by atoms with Gasteiger partial charge in [-0.25, -0.2) is 4.98 Å². The Labute approximate surface area is 190 Å². The molecule has 0 fully saturated rings. The molecule has 3 aromatic rings. The molecule has 0 aliphatic carbocycles. The summed E-state index contributed by atoms with van der Waals surface area (Å²) >= 11 is 0.974. The number of halogens is 3. The highest BCUT2D eigenvalue weighted by Gasteiger charge is 2.31. The number of carbonyl (C=O) groups excluding carboxylic acids is 2. The van der Waals surface area contributed by atoms with Crippen LogP contribution in [0.15, 0.2) is 48.5 Å². The first-order chi connectivity index (χ1) is 15.7. The summed E-state index contributed by atoms with van der Waals surface area (Å²) in [6, 6.07) is 12.4. The Kier molecular flexibility index (Phi) is 8.20. The number of alkyl halides is 3. The van der Waals surface area contributed by atoms with Crippen molar-refractivity contribution in [3.05, 3.63) is 54.1 Å². The fourth-order valence-corrected chi connectivity index (χ4v) is 3.63. The van der Waals surface area contributed by atoms with Crippen LogP contribution in [0.4, 0.5) is 18.3 Å². The second kappa shape index (κ2) is 11.1. The molecule has 1 heterocycles. The van der Waals surface area contributed by atoms with Crippen LogP contribution in [0.3, 0.4) is 0 Å². The average Bonchev–Trinajstić information content (AvgIpc) is 3.15. The van der Waals surface area contributed by atoms with Gasteiger partial charge in [0.25, 0.3) is 0 Å². The molecule has 0 saturated heterocycles. The van der Waals surface area contributed by atoms with E-state index in [-0.39, 0.29) is 30.5 Å². The van der Waals surface area contributed by atoms with Gasteiger partial charge in [0.1, 0.15) is 5.75 Å². The Bertz CT molecular complexity index is 1090. The van der Waals surface area contributed by atoms with Crippen molar-refractivity contribution in [3.8, 4) is 5.75 Å². The fourth-order valence-electron chi connectivity index (χ4n) is 2.72. The van der Waals surface area contributed by atoms with E-state index in [4.69, 9.17) is 10.5 Å². The first kappa shape index (κ1) is 24.4. The average molecular weight is 482 g/mol. The van der Waals surface area contributed by atoms with Gasteiger partial charge in [-0.05, 0) is 24.1 Å². The lowest BCUT2D eigenvalue weighted by Crippen LogP contribution is -2.44. The van der Waals surface area contributed by atoms with Crippen molar-refractivity contribution >= 4 is 38.5 Å². The maximum atomic E-state index is 12.3. The van der Waals surface area contributed by atoms with Crippen LogP contribution in [0.25, 0.3) is 10.2 Å². The number of benzene rings is 2. The number of hydrogen-bond acceptors (Lipinski definition) is 7. The van der Waals surface area contributed by atoms with Crippen molar-refractivity contribution in [1.82, 2.24) is 10.3 Å². The summed E-state index contributed by atoms with van der Waals surface area (Å²) in [6.45, 7) is 0.348. The van der Waals surface area contributed by atoms with E-state index in [0.717, 1.165) is 23.0 Å². The molecule has 4 N–H and O–H groups in total. The van der Waals surface area contributed by atoms with Gasteiger partial charge in [0.2, 0.25) is 11.8 Å². The standard InChI is InChI=1S/C21H21F3N4O4S/c22-21(23,24)32-14-6-7-16-17(10-14)33-20(27-16)28-18(29)11-26-19(30)15(25)8-9-31-12-13-4-2-1-3-5-13/h1-7,10,15H,8-9,11-12,25H2,(H,26,30)(H,27,28,29)/t15-/m0/s1. The molecule has 8 nitrogen and oxygen atoms in total. The minimum absolute atomic E-state index is 0.173. The lowest BCUT2D eigenvalue weighted by atomic mass is 10.2. The van der Waals surface area contributed by atoms with Gasteiger partial charge in [-0.15, -0.1) is 13.2 Å². The summed E-state index contributed by atoms with van der Waals surface area (Å²) in [6.07, 6.45) is -4.52. The molecule has 1 aromatic heterocycles. The monoisotopic (exact) mass is 482 g/mol. The summed E-state index contributed by atoms with van der Waals surface area (Å²) in [4.78, 5) is 28.3. The molecule has 2 amide bonds. The zero-order valence-electron chi connectivity index (χ0n) is 17.2. The zero-order chi connectivity index (χ0) is 23.8. The number of nitrogens with one attached hydrogen (secondary N) is 2. The second-order valence-electron chi connectivity index (χ2n) is 6.90. The molecule has 176 valence electrons. The molecule has 12 heteroatoms. The number of carbonyl (C=O) groups is 2. The van der Waals surface area contributed by atoms with Crippen molar-refractivity contribution in [2.24, 2.45) is 5.73 Å². The molecule has 0 unspecified atom stereocenters. The SMILES string of the molecule is N[C@@H](CCOCc1ccccc1)C(=O)NCC(=O)Nc1nc2ccc(OC(F)(F)F)cc2s1. The number of anilines is 1. The number of fused-ring (bicyclic) bond motifs is 1. The van der Waals surface area contributed by atoms with Crippen LogP contribution >= 0.6 is 11.3 Å². The number of ether oxygens (including phenoxy) is 2. The van der Waals surface area contributed by atoms with Gasteiger partial charge in [0, 0.05) is 12.7 Å². The van der Waals surface area contributed by atoms with Crippen LogP contribution in [-0.4, -0.2) is 42.4 Å². The predicted octanol–water partition coefficient (Wildman–Crippen LogP) is 3.18. The summed E-state index contributed by atoms with van der Waals surface area (Å²) in [5.41, 5.74) is 7.22. The number of rotatable bonds is 10. The van der Waals surface area contributed by atoms with Crippen molar-refractivity contribution in [1.29, 1.82) is 0 Å². The van der Waals surface area contributed by atoms with E-state index in [1.807, 2.05) is 30.3 Å². The van der Waals surface area contributed by atoms with E-state index in [1.165, 1.54) is 12.1 Å². The van der Waals surface area contributed by atoms with Gasteiger partial charge in [0.15, 0.2) is 5.13 Å². The van der Waals surface area contributed by atoms with Gasteiger partial charge in [-0.3, -0.25) is 9.59 Å². The van der Waals surface area contributed by atoms with Crippen LogP contribution in [0, 0.1) is 0 Å². The van der Waals surface area contributed by atoms with Gasteiger partial charge < -0.3 is 25.8 Å². The topological polar surface area (TPSA) is 116 Å². The molecule has 0 saturated carbocycles. The lowest BCUT2D eigenvalue weighted by Gasteiger charge is -2.12. The van der Waals surface area contributed by atoms with E-state index in [0.29, 0.717) is 16.8 Å². The maximum Gasteiger partial charge on any atom is 0.573 e. The number of nitrogens with zero attached hydrogens (tertiary/aromatic N) is 1. The highest BCUT2D eigenvalue weighted by atomic mass is 32.1. The largest absolute Gasteiger partial charge is 0.573 e. The molecule has 1 atom stereocenters. The summed E-state index contributed by atoms with van der Waals surface area (Å²) in [5, 5.41) is 5.09. The quantitative estimate of drug-likeness (QED) is 0.383. The molecule has 33 heavy (non-hydrogen) atoms. The van der Waals surface area contributed by atoms with Crippen LogP contribution in [0.5, 0.6) is 5.75 Å². The van der Waals surface area contributed by atoms with Crippen LogP contribution in [0.1, 0.15) is 12.0 Å². The minimum atomic E-state index is -4.80. The molecular weight excluding hydrogens is 461 g/mol. The normalized spacial score (nSPS) is 12.4. The van der Waals surface area contributed by atoms with Crippen LogP contribution in [-0.2, 0) is 20.9 Å². The van der Waals surface area contributed by atoms with E-state index >= 15 is 0 Å². The number of nitrogens with two attached hydrogens (primary N) is 1. The van der Waals surface area contributed by atoms with Gasteiger partial charge in [-0.2, -0.15) is 0 Å². The van der Waals surface area contributed by atoms with E-state index < -0.39 is 24.2 Å². The van der Waals surface area contributed by atoms with Crippen molar-refractivity contribution < 1.29 is 32.2 Å². The molecular formula is C21H21F3N4O4S. The second-order valence-corrected chi connectivity index (χ2v) is 7.93. The lowest BCUT2D eigenvalue weighted by molar-refractivity contribution is -0.274. The number of amides is 2. The van der Waals surface area contributed by atoms with E-state index in [9.17, 15) is 22.8 Å². The summed E-state index contributed by atoms with van der Waals surface area (Å²) in [5.74, 6) is -1.45. The summed E-state index contributed by atoms with van der Waals surface area (Å²) in [7, 11) is 0. The Morgan fingerprint density at radius 2 is 1.91 bits per heavy atom. The Morgan fingerprint density at radius 1 is 1.15 bits per heavy atom. The predicted molar refractivity (Wildman–Crippen MR) is 117 cm³/mol. The third kappa shape index (κ3) is 8.00. The minimum Gasteiger partial charge on any atom is -0.406 e. The van der Waals surface area contributed by atoms with Crippen molar-refractivity contribution in [3.63, 3.8) is 0 Å². The highest BCUT2D eigenvalue weighted by Crippen LogP contribution is 2.31. The highest BCUT2D eigenvalue weighted by molar-refractivity contribution is 7.22. The molecule has 0 spiro atoms. The first-order valence-corrected chi connectivity index (χ1v) is 10.6. The van der Waals surface area contributed by atoms with Crippen molar-refractivity contribution in [2.75, 3.05) is 18.5 Å². The molecule has 0 aliphatic rings. The fraction of sp³-hybridized carbons (Fsp3) is 0.286. The number of thiazole rings is 1. The maximum absolute atomic E-state index is 12.3. The molecule has 0 bridgehead atoms. The van der Waals surface area contributed by atoms with E-state index in [1.54, 1.807) is 0 Å². The van der Waals surface area contributed by atoms with Crippen molar-refractivity contribution in [2.45, 2.75) is 25.4 Å². The summed E-state index contributed by atoms with van der Waals surface area (Å²) < 4.78 is 46.8. The Hall–Kier alpha value is -3.22. The molecule has 0 radical (unpaired) electrons. The Balaban J connectivity index is 1.40. The molecule has 2 aromatic carbocycles. The molecule has 0 aliphatic heterocycles.